The van der Waals surface area contributed by atoms with Crippen LogP contribution in [0.25, 0.3) is 0 Å². The van der Waals surface area contributed by atoms with Crippen LogP contribution in [0.1, 0.15) is 33.3 Å². The molecule has 0 fully saturated rings. The van der Waals surface area contributed by atoms with Crippen LogP contribution >= 0.6 is 23.2 Å². The number of anilines is 1. The summed E-state index contributed by atoms with van der Waals surface area (Å²) in [6.45, 7) is 6.23. The highest BCUT2D eigenvalue weighted by Gasteiger charge is 2.35. The molecule has 9 nitrogen and oxygen atoms in total. The van der Waals surface area contributed by atoms with Crippen molar-refractivity contribution in [2.24, 2.45) is 0 Å². The molecule has 0 bridgehead atoms. The topological polar surface area (TPSA) is 105 Å². The van der Waals surface area contributed by atoms with Gasteiger partial charge in [-0.3, -0.25) is 13.9 Å². The lowest BCUT2D eigenvalue weighted by atomic mass is 10.1. The van der Waals surface area contributed by atoms with Crippen molar-refractivity contribution < 1.29 is 27.5 Å². The minimum Gasteiger partial charge on any atom is -0.497 e. The molecule has 2 amide bonds. The molecular formula is C30H35Cl2N3O6S. The van der Waals surface area contributed by atoms with E-state index in [1.165, 1.54) is 49.5 Å². The molecule has 42 heavy (non-hydrogen) atoms. The van der Waals surface area contributed by atoms with Crippen LogP contribution in [0.15, 0.2) is 71.6 Å². The highest BCUT2D eigenvalue weighted by atomic mass is 35.5. The van der Waals surface area contributed by atoms with Gasteiger partial charge in [0.15, 0.2) is 0 Å². The number of carbonyl (C=O) groups excluding carboxylic acids is 2. The van der Waals surface area contributed by atoms with E-state index in [0.717, 1.165) is 4.31 Å². The Hall–Kier alpha value is -3.47. The van der Waals surface area contributed by atoms with E-state index in [1.54, 1.807) is 43.3 Å². The van der Waals surface area contributed by atoms with E-state index in [9.17, 15) is 18.0 Å². The summed E-state index contributed by atoms with van der Waals surface area (Å²) in [5, 5.41) is 3.48. The third-order valence-electron chi connectivity index (χ3n) is 6.34. The Morgan fingerprint density at radius 1 is 0.905 bits per heavy atom. The van der Waals surface area contributed by atoms with Crippen molar-refractivity contribution in [2.45, 2.75) is 50.7 Å². The molecule has 0 aromatic heterocycles. The number of benzene rings is 3. The number of hydrogen-bond donors (Lipinski definition) is 1. The Balaban J connectivity index is 2.12. The second kappa shape index (κ2) is 13.7. The summed E-state index contributed by atoms with van der Waals surface area (Å²) in [4.78, 5) is 28.6. The van der Waals surface area contributed by atoms with Crippen LogP contribution in [0.4, 0.5) is 5.69 Å². The average Bonchev–Trinajstić information content (AvgIpc) is 2.94. The van der Waals surface area contributed by atoms with E-state index in [2.05, 4.69) is 5.32 Å². The molecule has 3 rings (SSSR count). The lowest BCUT2D eigenvalue weighted by molar-refractivity contribution is -0.140. The summed E-state index contributed by atoms with van der Waals surface area (Å²) in [7, 11) is -1.43. The molecule has 0 aliphatic carbocycles. The molecule has 0 unspecified atom stereocenters. The zero-order valence-corrected chi connectivity index (χ0v) is 26.7. The number of carbonyl (C=O) groups is 2. The van der Waals surface area contributed by atoms with E-state index < -0.39 is 40.0 Å². The van der Waals surface area contributed by atoms with Crippen molar-refractivity contribution >= 4 is 50.7 Å². The summed E-state index contributed by atoms with van der Waals surface area (Å²) in [6, 6.07) is 16.2. The van der Waals surface area contributed by atoms with Gasteiger partial charge in [-0.1, -0.05) is 41.4 Å². The quantitative estimate of drug-likeness (QED) is 0.297. The average molecular weight is 637 g/mol. The first-order valence-electron chi connectivity index (χ1n) is 13.0. The van der Waals surface area contributed by atoms with E-state index in [1.807, 2.05) is 20.8 Å². The van der Waals surface area contributed by atoms with Gasteiger partial charge in [-0.25, -0.2) is 8.42 Å². The maximum absolute atomic E-state index is 14.1. The highest BCUT2D eigenvalue weighted by molar-refractivity contribution is 7.92. The monoisotopic (exact) mass is 635 g/mol. The molecule has 12 heteroatoms. The predicted molar refractivity (Wildman–Crippen MR) is 165 cm³/mol. The van der Waals surface area contributed by atoms with E-state index >= 15 is 0 Å². The molecule has 226 valence electrons. The molecule has 1 atom stereocenters. The molecule has 0 aliphatic heterocycles. The first kappa shape index (κ1) is 33.0. The predicted octanol–water partition coefficient (Wildman–Crippen LogP) is 5.54. The van der Waals surface area contributed by atoms with Crippen molar-refractivity contribution in [3.05, 3.63) is 82.3 Å². The van der Waals surface area contributed by atoms with Crippen molar-refractivity contribution in [1.82, 2.24) is 10.2 Å². The van der Waals surface area contributed by atoms with Crippen molar-refractivity contribution in [1.29, 1.82) is 0 Å². The summed E-state index contributed by atoms with van der Waals surface area (Å²) < 4.78 is 39.7. The maximum atomic E-state index is 14.1. The fraction of sp³-hybridized carbons (Fsp3) is 0.333. The maximum Gasteiger partial charge on any atom is 0.264 e. The van der Waals surface area contributed by atoms with Crippen LogP contribution in [0.2, 0.25) is 10.0 Å². The number of hydrogen-bond acceptors (Lipinski definition) is 6. The Morgan fingerprint density at radius 3 is 2.05 bits per heavy atom. The molecule has 0 saturated heterocycles. The van der Waals surface area contributed by atoms with E-state index in [0.29, 0.717) is 21.4 Å². The van der Waals surface area contributed by atoms with Gasteiger partial charge in [0.05, 0.1) is 24.8 Å². The normalized spacial score (nSPS) is 12.3. The first-order valence-corrected chi connectivity index (χ1v) is 15.2. The summed E-state index contributed by atoms with van der Waals surface area (Å²) in [5.74, 6) is -0.386. The lowest BCUT2D eigenvalue weighted by Gasteiger charge is -2.34. The number of para-hydroxylation sites is 2. The largest absolute Gasteiger partial charge is 0.497 e. The first-order chi connectivity index (χ1) is 19.7. The molecule has 1 N–H and O–H groups in total. The number of ether oxygens (including phenoxy) is 2. The van der Waals surface area contributed by atoms with Crippen LogP contribution in [-0.2, 0) is 26.2 Å². The fourth-order valence-corrected chi connectivity index (χ4v) is 6.08. The minimum absolute atomic E-state index is 0.0683. The third-order valence-corrected chi connectivity index (χ3v) is 8.82. The van der Waals surface area contributed by atoms with E-state index in [-0.39, 0.29) is 22.9 Å². The zero-order valence-electron chi connectivity index (χ0n) is 24.4. The van der Waals surface area contributed by atoms with Gasteiger partial charge in [0.2, 0.25) is 11.8 Å². The van der Waals surface area contributed by atoms with Gasteiger partial charge < -0.3 is 19.7 Å². The van der Waals surface area contributed by atoms with Crippen LogP contribution in [0.3, 0.4) is 0 Å². The molecule has 0 radical (unpaired) electrons. The minimum atomic E-state index is -4.31. The van der Waals surface area contributed by atoms with Crippen LogP contribution < -0.4 is 19.1 Å². The van der Waals surface area contributed by atoms with Crippen LogP contribution in [-0.4, -0.2) is 57.5 Å². The van der Waals surface area contributed by atoms with Crippen molar-refractivity contribution in [3.63, 3.8) is 0 Å². The second-order valence-electron chi connectivity index (χ2n) is 10.5. The van der Waals surface area contributed by atoms with Gasteiger partial charge >= 0.3 is 0 Å². The van der Waals surface area contributed by atoms with Gasteiger partial charge in [0.25, 0.3) is 10.0 Å². The third kappa shape index (κ3) is 7.87. The smallest absolute Gasteiger partial charge is 0.264 e. The molecule has 0 aliphatic rings. The summed E-state index contributed by atoms with van der Waals surface area (Å²) in [5.41, 5.74) is -0.0124. The fourth-order valence-electron chi connectivity index (χ4n) is 4.13. The molecule has 0 saturated carbocycles. The molecular weight excluding hydrogens is 601 g/mol. The molecule has 0 spiro atoms. The lowest BCUT2D eigenvalue weighted by Crippen LogP contribution is -2.54. The SMILES string of the molecule is COc1ccc(S(=O)(=O)N(CC(=O)N(Cc2c(Cl)cccc2Cl)[C@H](C)C(=O)NC(C)(C)C)c2ccccc2OC)cc1. The van der Waals surface area contributed by atoms with Crippen molar-refractivity contribution in [3.8, 4) is 11.5 Å². The Morgan fingerprint density at radius 2 is 1.50 bits per heavy atom. The van der Waals surface area contributed by atoms with Gasteiger partial charge in [-0.15, -0.1) is 0 Å². The van der Waals surface area contributed by atoms with E-state index in [4.69, 9.17) is 32.7 Å². The number of nitrogens with one attached hydrogen (secondary N) is 1. The molecule has 3 aromatic rings. The number of rotatable bonds is 11. The standard InChI is InChI=1S/C30H35Cl2N3O6S/c1-20(29(37)33-30(2,3)4)34(18-23-24(31)10-9-11-25(23)32)28(36)19-35(26-12-7-8-13-27(26)41-6)42(38,39)22-16-14-21(40-5)15-17-22/h7-17,20H,18-19H2,1-6H3,(H,33,37)/t20-/m1/s1. The summed E-state index contributed by atoms with van der Waals surface area (Å²) >= 11 is 12.9. The highest BCUT2D eigenvalue weighted by Crippen LogP contribution is 2.33. The Kier molecular flexibility index (Phi) is 10.8. The van der Waals surface area contributed by atoms with Crippen LogP contribution in [0, 0.1) is 0 Å². The molecule has 0 heterocycles. The Labute approximate surface area is 257 Å². The number of methoxy groups -OCH3 is 2. The molecule has 3 aromatic carbocycles. The zero-order chi connectivity index (χ0) is 31.2. The van der Waals surface area contributed by atoms with Gasteiger partial charge in [0, 0.05) is 27.7 Å². The van der Waals surface area contributed by atoms with Gasteiger partial charge in [-0.2, -0.15) is 0 Å². The van der Waals surface area contributed by atoms with Crippen molar-refractivity contribution in [2.75, 3.05) is 25.1 Å². The number of amides is 2. The van der Waals surface area contributed by atoms with Crippen LogP contribution in [0.5, 0.6) is 11.5 Å². The second-order valence-corrected chi connectivity index (χ2v) is 13.2. The summed E-state index contributed by atoms with van der Waals surface area (Å²) in [6.07, 6.45) is 0. The number of sulfonamides is 1. The Bertz CT molecular complexity index is 1500. The van der Waals surface area contributed by atoms with Gasteiger partial charge in [0.1, 0.15) is 24.1 Å². The number of nitrogens with zero attached hydrogens (tertiary/aromatic N) is 2. The number of halogens is 2. The van der Waals surface area contributed by atoms with Gasteiger partial charge in [-0.05, 0) is 76.2 Å².